The summed E-state index contributed by atoms with van der Waals surface area (Å²) >= 11 is 0. The monoisotopic (exact) mass is 287 g/mol. The Hall–Kier alpha value is -2.30. The maximum absolute atomic E-state index is 11.0. The lowest BCUT2D eigenvalue weighted by Gasteiger charge is -2.12. The van der Waals surface area contributed by atoms with Crippen molar-refractivity contribution in [3.8, 4) is 0 Å². The summed E-state index contributed by atoms with van der Waals surface area (Å²) in [6, 6.07) is 7.32. The first-order chi connectivity index (χ1) is 10.0. The molecule has 1 aromatic heterocycles. The Morgan fingerprint density at radius 2 is 2.24 bits per heavy atom. The van der Waals surface area contributed by atoms with Crippen molar-refractivity contribution in [2.45, 2.75) is 39.8 Å². The van der Waals surface area contributed by atoms with Gasteiger partial charge in [0, 0.05) is 12.6 Å². The summed E-state index contributed by atoms with van der Waals surface area (Å²) in [7, 11) is 0. The third-order valence-corrected chi connectivity index (χ3v) is 3.71. The lowest BCUT2D eigenvalue weighted by atomic mass is 10.1. The van der Waals surface area contributed by atoms with Gasteiger partial charge in [0.2, 0.25) is 0 Å². The van der Waals surface area contributed by atoms with Gasteiger partial charge in [-0.2, -0.15) is 5.10 Å². The molecule has 5 nitrogen and oxygen atoms in total. The number of nitrogens with zero attached hydrogens (tertiary/aromatic N) is 2. The van der Waals surface area contributed by atoms with Gasteiger partial charge >= 0.3 is 5.97 Å². The molecule has 0 aliphatic carbocycles. The first kappa shape index (κ1) is 15.1. The van der Waals surface area contributed by atoms with E-state index in [0.29, 0.717) is 18.2 Å². The van der Waals surface area contributed by atoms with Gasteiger partial charge in [0.25, 0.3) is 0 Å². The lowest BCUT2D eigenvalue weighted by Crippen LogP contribution is -2.08. The van der Waals surface area contributed by atoms with Crippen LogP contribution in [0.4, 0.5) is 5.69 Å². The third kappa shape index (κ3) is 3.42. The average molecular weight is 287 g/mol. The van der Waals surface area contributed by atoms with Crippen LogP contribution in [0.1, 0.15) is 47.9 Å². The first-order valence-electron chi connectivity index (χ1n) is 7.13. The van der Waals surface area contributed by atoms with Crippen molar-refractivity contribution in [1.82, 2.24) is 9.78 Å². The molecule has 0 saturated carbocycles. The zero-order valence-electron chi connectivity index (χ0n) is 12.6. The molecule has 21 heavy (non-hydrogen) atoms. The average Bonchev–Trinajstić information content (AvgIpc) is 2.85. The standard InChI is InChI=1S/C16H21N3O2/c1-4-11(2)19-12(3)15(10-18-19)17-9-13-6-5-7-14(8-13)16(20)21/h5-8,10-11,17H,4,9H2,1-3H3,(H,20,21). The molecule has 2 N–H and O–H groups in total. The van der Waals surface area contributed by atoms with Crippen molar-refractivity contribution < 1.29 is 9.90 Å². The minimum atomic E-state index is -0.905. The smallest absolute Gasteiger partial charge is 0.335 e. The van der Waals surface area contributed by atoms with Crippen molar-refractivity contribution >= 4 is 11.7 Å². The van der Waals surface area contributed by atoms with Gasteiger partial charge < -0.3 is 10.4 Å². The van der Waals surface area contributed by atoms with Gasteiger partial charge in [-0.05, 0) is 38.0 Å². The number of aromatic carboxylic acids is 1. The fourth-order valence-corrected chi connectivity index (χ4v) is 2.23. The number of nitrogens with one attached hydrogen (secondary N) is 1. The largest absolute Gasteiger partial charge is 0.478 e. The molecule has 0 saturated heterocycles. The number of benzene rings is 1. The van der Waals surface area contributed by atoms with Crippen molar-refractivity contribution in [3.05, 3.63) is 47.3 Å². The second-order valence-corrected chi connectivity index (χ2v) is 5.20. The maximum atomic E-state index is 11.0. The van der Waals surface area contributed by atoms with Gasteiger partial charge in [-0.25, -0.2) is 4.79 Å². The van der Waals surface area contributed by atoms with E-state index < -0.39 is 5.97 Å². The molecule has 2 aromatic rings. The molecule has 0 aliphatic rings. The predicted molar refractivity (Wildman–Crippen MR) is 82.7 cm³/mol. The van der Waals surface area contributed by atoms with Crippen LogP contribution in [0.2, 0.25) is 0 Å². The maximum Gasteiger partial charge on any atom is 0.335 e. The van der Waals surface area contributed by atoms with E-state index in [2.05, 4.69) is 24.3 Å². The van der Waals surface area contributed by atoms with Crippen LogP contribution in [0.25, 0.3) is 0 Å². The number of rotatable bonds is 6. The highest BCUT2D eigenvalue weighted by Gasteiger charge is 2.10. The number of anilines is 1. The minimum Gasteiger partial charge on any atom is -0.478 e. The Balaban J connectivity index is 2.08. The Morgan fingerprint density at radius 1 is 1.48 bits per heavy atom. The van der Waals surface area contributed by atoms with Gasteiger partial charge in [-0.15, -0.1) is 0 Å². The van der Waals surface area contributed by atoms with Crippen molar-refractivity contribution in [2.24, 2.45) is 0 Å². The second-order valence-electron chi connectivity index (χ2n) is 5.20. The molecule has 0 spiro atoms. The lowest BCUT2D eigenvalue weighted by molar-refractivity contribution is 0.0697. The van der Waals surface area contributed by atoms with Gasteiger partial charge in [0.15, 0.2) is 0 Å². The Labute approximate surface area is 124 Å². The number of carboxylic acid groups (broad SMARTS) is 1. The molecular weight excluding hydrogens is 266 g/mol. The molecular formula is C16H21N3O2. The highest BCUT2D eigenvalue weighted by atomic mass is 16.4. The van der Waals surface area contributed by atoms with Crippen molar-refractivity contribution in [1.29, 1.82) is 0 Å². The molecule has 1 atom stereocenters. The number of carbonyl (C=O) groups is 1. The molecule has 0 radical (unpaired) electrons. The van der Waals surface area contributed by atoms with E-state index in [0.717, 1.165) is 23.4 Å². The topological polar surface area (TPSA) is 67.2 Å². The van der Waals surface area contributed by atoms with Gasteiger partial charge in [-0.3, -0.25) is 4.68 Å². The highest BCUT2D eigenvalue weighted by molar-refractivity contribution is 5.87. The van der Waals surface area contributed by atoms with E-state index in [1.165, 1.54) is 0 Å². The number of carboxylic acids is 1. The van der Waals surface area contributed by atoms with Crippen molar-refractivity contribution in [3.63, 3.8) is 0 Å². The molecule has 0 bridgehead atoms. The van der Waals surface area contributed by atoms with Crippen LogP contribution < -0.4 is 5.32 Å². The fourth-order valence-electron chi connectivity index (χ4n) is 2.23. The third-order valence-electron chi connectivity index (χ3n) is 3.71. The summed E-state index contributed by atoms with van der Waals surface area (Å²) in [6.07, 6.45) is 2.85. The first-order valence-corrected chi connectivity index (χ1v) is 7.13. The predicted octanol–water partition coefficient (Wildman–Crippen LogP) is 3.47. The Morgan fingerprint density at radius 3 is 2.90 bits per heavy atom. The van der Waals surface area contributed by atoms with Gasteiger partial charge in [0.1, 0.15) is 0 Å². The second kappa shape index (κ2) is 6.43. The van der Waals surface area contributed by atoms with E-state index in [1.807, 2.05) is 23.9 Å². The van der Waals surface area contributed by atoms with Crippen LogP contribution in [0.3, 0.4) is 0 Å². The van der Waals surface area contributed by atoms with E-state index in [-0.39, 0.29) is 0 Å². The van der Waals surface area contributed by atoms with E-state index in [4.69, 9.17) is 5.11 Å². The van der Waals surface area contributed by atoms with Gasteiger partial charge in [0.05, 0.1) is 23.1 Å². The van der Waals surface area contributed by atoms with Crippen LogP contribution in [0.5, 0.6) is 0 Å². The normalized spacial score (nSPS) is 12.1. The van der Waals surface area contributed by atoms with Crippen LogP contribution in [0.15, 0.2) is 30.5 Å². The molecule has 1 unspecified atom stereocenters. The Kier molecular flexibility index (Phi) is 4.62. The summed E-state index contributed by atoms with van der Waals surface area (Å²) < 4.78 is 2.01. The fraction of sp³-hybridized carbons (Fsp3) is 0.375. The molecule has 5 heteroatoms. The van der Waals surface area contributed by atoms with Crippen LogP contribution in [-0.4, -0.2) is 20.9 Å². The molecule has 1 aromatic carbocycles. The van der Waals surface area contributed by atoms with Gasteiger partial charge in [-0.1, -0.05) is 19.1 Å². The summed E-state index contributed by atoms with van der Waals surface area (Å²) in [5, 5.41) is 16.7. The summed E-state index contributed by atoms with van der Waals surface area (Å²) in [5.74, 6) is -0.905. The van der Waals surface area contributed by atoms with Crippen LogP contribution in [0, 0.1) is 6.92 Å². The van der Waals surface area contributed by atoms with Crippen LogP contribution >= 0.6 is 0 Å². The molecule has 2 rings (SSSR count). The number of aromatic nitrogens is 2. The zero-order valence-corrected chi connectivity index (χ0v) is 12.6. The molecule has 1 heterocycles. The van der Waals surface area contributed by atoms with E-state index in [1.54, 1.807) is 18.2 Å². The summed E-state index contributed by atoms with van der Waals surface area (Å²) in [4.78, 5) is 11.0. The molecule has 0 fully saturated rings. The van der Waals surface area contributed by atoms with E-state index in [9.17, 15) is 4.79 Å². The van der Waals surface area contributed by atoms with Crippen LogP contribution in [-0.2, 0) is 6.54 Å². The molecule has 112 valence electrons. The number of hydrogen-bond donors (Lipinski definition) is 2. The summed E-state index contributed by atoms with van der Waals surface area (Å²) in [6.45, 7) is 6.89. The molecule has 0 aliphatic heterocycles. The highest BCUT2D eigenvalue weighted by Crippen LogP contribution is 2.20. The SMILES string of the molecule is CCC(C)n1ncc(NCc2cccc(C(=O)O)c2)c1C. The number of hydrogen-bond acceptors (Lipinski definition) is 3. The Bertz CT molecular complexity index is 634. The van der Waals surface area contributed by atoms with E-state index >= 15 is 0 Å². The zero-order chi connectivity index (χ0) is 15.4. The quantitative estimate of drug-likeness (QED) is 0.853. The van der Waals surface area contributed by atoms with Crippen molar-refractivity contribution in [2.75, 3.05) is 5.32 Å². The molecule has 0 amide bonds. The minimum absolute atomic E-state index is 0.307. The summed E-state index contributed by atoms with van der Waals surface area (Å²) in [5.41, 5.74) is 3.32.